The summed E-state index contributed by atoms with van der Waals surface area (Å²) in [6.07, 6.45) is 0.948. The number of hydrogen-bond acceptors (Lipinski definition) is 3. The third-order valence-corrected chi connectivity index (χ3v) is 3.61. The van der Waals surface area contributed by atoms with Gasteiger partial charge in [0.2, 0.25) is 0 Å². The van der Waals surface area contributed by atoms with E-state index in [1.807, 2.05) is 13.0 Å². The summed E-state index contributed by atoms with van der Waals surface area (Å²) in [4.78, 5) is 0. The lowest BCUT2D eigenvalue weighted by atomic mass is 10.3. The number of rotatable bonds is 6. The van der Waals surface area contributed by atoms with Gasteiger partial charge in [-0.25, -0.2) is 0 Å². The van der Waals surface area contributed by atoms with E-state index in [4.69, 9.17) is 5.26 Å². The van der Waals surface area contributed by atoms with Crippen LogP contribution >= 0.6 is 0 Å². The van der Waals surface area contributed by atoms with Crippen LogP contribution in [0.25, 0.3) is 0 Å². The molecule has 0 heterocycles. The van der Waals surface area contributed by atoms with E-state index in [0.717, 1.165) is 10.7 Å². The van der Waals surface area contributed by atoms with Crippen molar-refractivity contribution in [2.75, 3.05) is 13.6 Å². The van der Waals surface area contributed by atoms with Crippen molar-refractivity contribution < 1.29 is 8.42 Å². The highest BCUT2D eigenvalue weighted by Gasteiger charge is 2.18. The highest BCUT2D eigenvalue weighted by molar-refractivity contribution is 7.87. The largest absolute Gasteiger partial charge is 0.279 e. The summed E-state index contributed by atoms with van der Waals surface area (Å²) < 4.78 is 26.7. The van der Waals surface area contributed by atoms with Crippen LogP contribution in [0.5, 0.6) is 0 Å². The molecule has 0 aliphatic carbocycles. The van der Waals surface area contributed by atoms with Crippen LogP contribution in [0.15, 0.2) is 0 Å². The maximum atomic E-state index is 11.5. The van der Waals surface area contributed by atoms with Gasteiger partial charge in [-0.1, -0.05) is 6.92 Å². The van der Waals surface area contributed by atoms with E-state index in [1.165, 1.54) is 7.05 Å². The minimum absolute atomic E-state index is 0.0791. The molecule has 0 rings (SSSR count). The fourth-order valence-electron chi connectivity index (χ4n) is 0.755. The first-order valence-corrected chi connectivity index (χ1v) is 5.98. The molecule has 6 heteroatoms. The van der Waals surface area contributed by atoms with Crippen molar-refractivity contribution in [1.82, 2.24) is 9.03 Å². The Kier molecular flexibility index (Phi) is 5.69. The average molecular weight is 219 g/mol. The monoisotopic (exact) mass is 219 g/mol. The Bertz CT molecular complexity index is 294. The van der Waals surface area contributed by atoms with E-state index in [0.29, 0.717) is 0 Å². The number of nitriles is 1. The van der Waals surface area contributed by atoms with Gasteiger partial charge in [0, 0.05) is 26.1 Å². The highest BCUT2D eigenvalue weighted by atomic mass is 32.2. The van der Waals surface area contributed by atoms with Gasteiger partial charge < -0.3 is 0 Å². The maximum Gasteiger partial charge on any atom is 0.279 e. The Morgan fingerprint density at radius 2 is 2.14 bits per heavy atom. The average Bonchev–Trinajstić information content (AvgIpc) is 2.13. The predicted molar refractivity (Wildman–Crippen MR) is 54.7 cm³/mol. The molecule has 1 atom stereocenters. The lowest BCUT2D eigenvalue weighted by Crippen LogP contribution is -2.42. The molecule has 0 spiro atoms. The summed E-state index contributed by atoms with van der Waals surface area (Å²) in [5.41, 5.74) is 0. The van der Waals surface area contributed by atoms with Crippen LogP contribution in [0.1, 0.15) is 26.7 Å². The summed E-state index contributed by atoms with van der Waals surface area (Å²) in [6.45, 7) is 3.93. The molecule has 0 amide bonds. The molecule has 0 aromatic rings. The molecule has 0 aliphatic rings. The normalized spacial score (nSPS) is 13.9. The lowest BCUT2D eigenvalue weighted by molar-refractivity contribution is 0.453. The third kappa shape index (κ3) is 4.56. The molecule has 0 radical (unpaired) electrons. The van der Waals surface area contributed by atoms with Crippen molar-refractivity contribution in [3.05, 3.63) is 0 Å². The van der Waals surface area contributed by atoms with Gasteiger partial charge >= 0.3 is 0 Å². The first-order chi connectivity index (χ1) is 6.44. The van der Waals surface area contributed by atoms with Crippen LogP contribution in [0, 0.1) is 11.3 Å². The van der Waals surface area contributed by atoms with Crippen LogP contribution in [0.4, 0.5) is 0 Å². The van der Waals surface area contributed by atoms with Gasteiger partial charge in [0.05, 0.1) is 6.07 Å². The summed E-state index contributed by atoms with van der Waals surface area (Å²) >= 11 is 0. The molecule has 14 heavy (non-hydrogen) atoms. The molecule has 0 saturated carbocycles. The molecule has 0 aromatic heterocycles. The summed E-state index contributed by atoms with van der Waals surface area (Å²) in [5.74, 6) is 0. The fraction of sp³-hybridized carbons (Fsp3) is 0.875. The zero-order valence-corrected chi connectivity index (χ0v) is 9.63. The van der Waals surface area contributed by atoms with Gasteiger partial charge in [0.25, 0.3) is 10.2 Å². The zero-order chi connectivity index (χ0) is 11.2. The van der Waals surface area contributed by atoms with Crippen LogP contribution in [0.3, 0.4) is 0 Å². The van der Waals surface area contributed by atoms with Crippen LogP contribution in [-0.2, 0) is 10.2 Å². The van der Waals surface area contributed by atoms with E-state index >= 15 is 0 Å². The van der Waals surface area contributed by atoms with Crippen molar-refractivity contribution in [3.63, 3.8) is 0 Å². The zero-order valence-electron chi connectivity index (χ0n) is 8.82. The molecule has 0 bridgehead atoms. The minimum atomic E-state index is -3.41. The maximum absolute atomic E-state index is 11.5. The number of hydrogen-bond donors (Lipinski definition) is 1. The Morgan fingerprint density at radius 3 is 2.57 bits per heavy atom. The van der Waals surface area contributed by atoms with Gasteiger partial charge in [0.15, 0.2) is 0 Å². The van der Waals surface area contributed by atoms with Crippen molar-refractivity contribution >= 4 is 10.2 Å². The SMILES string of the molecule is CCC(C)NS(=O)(=O)N(C)CCC#N. The molecule has 0 aliphatic heterocycles. The fourth-order valence-corrected chi connectivity index (χ4v) is 1.94. The molecule has 5 nitrogen and oxygen atoms in total. The minimum Gasteiger partial charge on any atom is -0.199 e. The highest BCUT2D eigenvalue weighted by Crippen LogP contribution is 1.99. The lowest BCUT2D eigenvalue weighted by Gasteiger charge is -2.19. The molecule has 0 aromatic carbocycles. The predicted octanol–water partition coefficient (Wildman–Crippen LogP) is 0.465. The van der Waals surface area contributed by atoms with Crippen molar-refractivity contribution in [1.29, 1.82) is 5.26 Å². The van der Waals surface area contributed by atoms with Crippen LogP contribution in [-0.4, -0.2) is 32.4 Å². The third-order valence-electron chi connectivity index (χ3n) is 1.91. The second-order valence-corrected chi connectivity index (χ2v) is 4.97. The number of nitrogens with zero attached hydrogens (tertiary/aromatic N) is 2. The van der Waals surface area contributed by atoms with Crippen LogP contribution in [0.2, 0.25) is 0 Å². The van der Waals surface area contributed by atoms with Gasteiger partial charge in [-0.2, -0.15) is 22.7 Å². The first-order valence-electron chi connectivity index (χ1n) is 4.54. The molecule has 1 unspecified atom stereocenters. The Balaban J connectivity index is 4.25. The molecule has 0 fully saturated rings. The molecule has 0 saturated heterocycles. The quantitative estimate of drug-likeness (QED) is 0.705. The van der Waals surface area contributed by atoms with E-state index in [2.05, 4.69) is 4.72 Å². The topological polar surface area (TPSA) is 73.2 Å². The van der Waals surface area contributed by atoms with Gasteiger partial charge in [0.1, 0.15) is 0 Å². The Hall–Kier alpha value is -0.640. The smallest absolute Gasteiger partial charge is 0.199 e. The summed E-state index contributed by atoms with van der Waals surface area (Å²) in [5, 5.41) is 8.32. The van der Waals surface area contributed by atoms with E-state index in [-0.39, 0.29) is 19.0 Å². The van der Waals surface area contributed by atoms with E-state index in [9.17, 15) is 8.42 Å². The second-order valence-electron chi connectivity index (χ2n) is 3.16. The first kappa shape index (κ1) is 13.4. The van der Waals surface area contributed by atoms with Gasteiger partial charge in [-0.05, 0) is 13.3 Å². The Labute approximate surface area is 85.9 Å². The number of nitrogens with one attached hydrogen (secondary N) is 1. The van der Waals surface area contributed by atoms with Crippen molar-refractivity contribution in [2.45, 2.75) is 32.7 Å². The summed E-state index contributed by atoms with van der Waals surface area (Å²) in [7, 11) is -1.95. The van der Waals surface area contributed by atoms with Crippen molar-refractivity contribution in [3.8, 4) is 6.07 Å². The van der Waals surface area contributed by atoms with E-state index < -0.39 is 10.2 Å². The van der Waals surface area contributed by atoms with E-state index in [1.54, 1.807) is 6.92 Å². The second kappa shape index (κ2) is 5.96. The van der Waals surface area contributed by atoms with Crippen LogP contribution < -0.4 is 4.72 Å². The molecule has 82 valence electrons. The molecule has 1 N–H and O–H groups in total. The molecular weight excluding hydrogens is 202 g/mol. The van der Waals surface area contributed by atoms with Gasteiger partial charge in [-0.3, -0.25) is 0 Å². The summed E-state index contributed by atoms with van der Waals surface area (Å²) in [6, 6.07) is 1.82. The standard InChI is InChI=1S/C8H17N3O2S/c1-4-8(2)10-14(12,13)11(3)7-5-6-9/h8,10H,4-5,7H2,1-3H3. The van der Waals surface area contributed by atoms with Crippen molar-refractivity contribution in [2.24, 2.45) is 0 Å². The Morgan fingerprint density at radius 1 is 1.57 bits per heavy atom. The molecular formula is C8H17N3O2S. The van der Waals surface area contributed by atoms with Gasteiger partial charge in [-0.15, -0.1) is 0 Å².